The second-order valence-electron chi connectivity index (χ2n) is 38.3. The van der Waals surface area contributed by atoms with Gasteiger partial charge in [-0.1, -0.05) is 179 Å². The molecule has 0 unspecified atom stereocenters. The first kappa shape index (κ1) is 96.6. The molecule has 2 saturated heterocycles. The number of hydrogen-bond acceptors (Lipinski definition) is 26. The zero-order valence-corrected chi connectivity index (χ0v) is 78.3. The van der Waals surface area contributed by atoms with E-state index in [9.17, 15) is 53.9 Å². The van der Waals surface area contributed by atoms with Crippen molar-refractivity contribution in [3.63, 3.8) is 0 Å². The number of aliphatic hydroxyl groups excluding tert-OH is 1. The number of hydrogen-bond donors (Lipinski definition) is 3. The van der Waals surface area contributed by atoms with Crippen LogP contribution in [0.2, 0.25) is 54.4 Å². The minimum atomic E-state index is -2.91. The minimum absolute atomic E-state index is 0.0104. The first-order valence-corrected chi connectivity index (χ1v) is 50.5. The number of ketones is 1. The molecule has 3 N–H and O–H groups in total. The predicted molar refractivity (Wildman–Crippen MR) is 462 cm³/mol. The molecule has 4 fully saturated rings. The highest BCUT2D eigenvalue weighted by Crippen LogP contribution is 2.65. The number of nitro groups is 1. The number of carbonyl (C=O) groups excluding carboxylic acids is 9. The zero-order valence-electron chi connectivity index (χ0n) is 75.3. The van der Waals surface area contributed by atoms with Crippen molar-refractivity contribution in [3.05, 3.63) is 189 Å². The number of ether oxygens (including phenoxy) is 10. The quantitative estimate of drug-likeness (QED) is 0.0105. The van der Waals surface area contributed by atoms with E-state index < -0.39 is 220 Å². The average molecular weight is 1770 g/mol. The normalized spacial score (nSPS) is 26.2. The highest BCUT2D eigenvalue weighted by molar-refractivity contribution is 6.75. The summed E-state index contributed by atoms with van der Waals surface area (Å²) in [6.45, 7) is 37.4. The molecule has 33 heteroatoms. The lowest BCUT2D eigenvalue weighted by Crippen LogP contribution is -2.82. The van der Waals surface area contributed by atoms with Crippen molar-refractivity contribution in [2.45, 2.75) is 269 Å². The fourth-order valence-corrected chi connectivity index (χ4v) is 20.0. The van der Waals surface area contributed by atoms with Crippen LogP contribution in [0.15, 0.2) is 151 Å². The molecule has 2 aliphatic heterocycles. The Kier molecular flexibility index (Phi) is 29.0. The summed E-state index contributed by atoms with van der Waals surface area (Å²) in [7, 11) is -5.99. The monoisotopic (exact) mass is 1770 g/mol. The Balaban J connectivity index is 0.941. The number of amides is 3. The second kappa shape index (κ2) is 37.2. The van der Waals surface area contributed by atoms with Gasteiger partial charge in [-0.2, -0.15) is 0 Å². The van der Waals surface area contributed by atoms with Gasteiger partial charge in [-0.05, 0) is 126 Å². The van der Waals surface area contributed by atoms with Crippen molar-refractivity contribution in [1.82, 2.24) is 15.1 Å². The summed E-state index contributed by atoms with van der Waals surface area (Å²) in [5.74, 6) is -8.66. The fraction of sp³-hybridized carbons (Fsp3) is 0.549. The van der Waals surface area contributed by atoms with E-state index >= 15 is 9.59 Å². The molecule has 124 heavy (non-hydrogen) atoms. The molecule has 30 nitrogen and oxygen atoms in total. The second-order valence-corrected chi connectivity index (χ2v) is 52.6. The number of carbonyl (C=O) groups is 9. The van der Waals surface area contributed by atoms with Crippen LogP contribution in [-0.2, 0) is 93.1 Å². The Morgan fingerprint density at radius 1 is 0.653 bits per heavy atom. The zero-order chi connectivity index (χ0) is 91.7. The van der Waals surface area contributed by atoms with Crippen molar-refractivity contribution in [2.24, 2.45) is 16.7 Å². The van der Waals surface area contributed by atoms with Crippen molar-refractivity contribution < 1.29 is 119 Å². The van der Waals surface area contributed by atoms with Gasteiger partial charge < -0.3 is 86.0 Å². The molecular formula is C91H122N4O26Si3. The summed E-state index contributed by atoms with van der Waals surface area (Å²) in [4.78, 5) is 147. The Morgan fingerprint density at radius 2 is 1.17 bits per heavy atom. The summed E-state index contributed by atoms with van der Waals surface area (Å²) < 4.78 is 85.1. The van der Waals surface area contributed by atoms with E-state index in [4.69, 9.17) is 60.6 Å². The van der Waals surface area contributed by atoms with Gasteiger partial charge >= 0.3 is 47.7 Å². The van der Waals surface area contributed by atoms with Gasteiger partial charge in [0.05, 0.1) is 34.5 Å². The van der Waals surface area contributed by atoms with Crippen LogP contribution in [0.1, 0.15) is 160 Å². The smallest absolute Gasteiger partial charge is 0.410 e. The number of benzene rings is 5. The highest BCUT2D eigenvalue weighted by Gasteiger charge is 2.79. The maximum atomic E-state index is 16.1. The molecule has 674 valence electrons. The SMILES string of the molecule is CC(=O)O[C@H]1C(=O)[C@@]2(C)[C@H]([C@H](OC(=O)c3ccccc3)[C@]3(O)C[C@H](OC(=O)[C@H](OC(=O)N(C)CCN(C)C(=O)OCc4ccc(O[C@@H]5O[C@H](C(=O)OCc6ccccc6)[C@@H](O[Si](C)(C)C(C)(C)C)[C@H](O[Si](C)(C)C(C)(C)C)[C@H]5O[Si](C)(C)C(C)(C)C)c([N+](=O)[O-])c4)[C@@H](NC(=O)c4ccccc4)c4ccccc4)C(C)=C1C3(C)C)[C@]1(OC(C)=O)CO[C@@H]1C[C@@H]2O. The summed E-state index contributed by atoms with van der Waals surface area (Å²) in [6.07, 6.45) is -20.3. The summed E-state index contributed by atoms with van der Waals surface area (Å²) in [5, 5.41) is 41.8. The fourth-order valence-electron chi connectivity index (χ4n) is 16.1. The van der Waals surface area contributed by atoms with Gasteiger partial charge in [0.15, 0.2) is 54.3 Å². The van der Waals surface area contributed by atoms with E-state index in [1.54, 1.807) is 66.7 Å². The molecule has 5 aromatic carbocycles. The molecule has 16 atom stereocenters. The highest BCUT2D eigenvalue weighted by atomic mass is 28.4. The number of aliphatic hydroxyl groups is 2. The Bertz CT molecular complexity index is 4780. The molecule has 0 radical (unpaired) electrons. The van der Waals surface area contributed by atoms with Gasteiger partial charge in [-0.15, -0.1) is 0 Å². The number of likely N-dealkylation sites (N-methyl/N-ethyl adjacent to an activating group) is 2. The van der Waals surface area contributed by atoms with Crippen molar-refractivity contribution >= 4 is 84.4 Å². The average Bonchev–Trinajstić information content (AvgIpc) is 0.666. The molecule has 3 amide bonds. The summed E-state index contributed by atoms with van der Waals surface area (Å²) >= 11 is 0. The van der Waals surface area contributed by atoms with Gasteiger partial charge in [0.1, 0.15) is 61.5 Å². The number of nitrogens with zero attached hydrogens (tertiary/aromatic N) is 3. The van der Waals surface area contributed by atoms with Gasteiger partial charge in [-0.3, -0.25) is 29.3 Å². The first-order chi connectivity index (χ1) is 57.6. The molecule has 2 bridgehead atoms. The Hall–Kier alpha value is -9.56. The van der Waals surface area contributed by atoms with Crippen LogP contribution < -0.4 is 10.1 Å². The third-order valence-electron chi connectivity index (χ3n) is 26.6. The van der Waals surface area contributed by atoms with Crippen molar-refractivity contribution in [1.29, 1.82) is 0 Å². The number of esters is 5. The maximum Gasteiger partial charge on any atom is 0.410 e. The van der Waals surface area contributed by atoms with E-state index in [1.807, 2.05) is 43.4 Å². The lowest BCUT2D eigenvalue weighted by molar-refractivity contribution is -0.387. The molecule has 10 rings (SSSR count). The van der Waals surface area contributed by atoms with Crippen LogP contribution in [0.4, 0.5) is 15.3 Å². The molecule has 2 heterocycles. The van der Waals surface area contributed by atoms with Gasteiger partial charge in [-0.25, -0.2) is 24.0 Å². The number of fused-ring (bicyclic) bond motifs is 5. The van der Waals surface area contributed by atoms with Crippen LogP contribution in [0.25, 0.3) is 0 Å². The van der Waals surface area contributed by atoms with Gasteiger partial charge in [0.2, 0.25) is 12.4 Å². The number of nitro benzene ring substituents is 1. The number of nitrogens with one attached hydrogen (secondary N) is 1. The first-order valence-electron chi connectivity index (χ1n) is 41.8. The van der Waals surface area contributed by atoms with Crippen LogP contribution in [-0.4, -0.2) is 216 Å². The Morgan fingerprint density at radius 3 is 1.69 bits per heavy atom. The molecule has 2 saturated carbocycles. The van der Waals surface area contributed by atoms with Crippen LogP contribution >= 0.6 is 0 Å². The van der Waals surface area contributed by atoms with E-state index in [0.29, 0.717) is 5.56 Å². The van der Waals surface area contributed by atoms with E-state index in [1.165, 1.54) is 84.3 Å². The van der Waals surface area contributed by atoms with Crippen molar-refractivity contribution in [2.75, 3.05) is 33.8 Å². The third-order valence-corrected chi connectivity index (χ3v) is 40.0. The summed E-state index contributed by atoms with van der Waals surface area (Å²) in [5.41, 5.74) is -8.00. The third kappa shape index (κ3) is 20.1. The molecule has 5 aromatic rings. The van der Waals surface area contributed by atoms with Crippen LogP contribution in [0, 0.1) is 26.9 Å². The van der Waals surface area contributed by atoms with E-state index in [0.717, 1.165) is 23.6 Å². The molecule has 3 aliphatic carbocycles. The lowest BCUT2D eigenvalue weighted by Gasteiger charge is -2.67. The molecule has 0 aromatic heterocycles. The Labute approximate surface area is 728 Å². The van der Waals surface area contributed by atoms with Gasteiger partial charge in [0, 0.05) is 70.9 Å². The van der Waals surface area contributed by atoms with Crippen molar-refractivity contribution in [3.8, 4) is 5.75 Å². The number of rotatable bonds is 28. The molecule has 5 aliphatic rings. The topological polar surface area (TPSA) is 376 Å². The number of Topliss-reactive ketones (excluding diaryl/α,β-unsaturated/α-hetero) is 1. The minimum Gasteiger partial charge on any atom is -0.459 e. The maximum absolute atomic E-state index is 16.1. The largest absolute Gasteiger partial charge is 0.459 e. The van der Waals surface area contributed by atoms with E-state index in [-0.39, 0.29) is 70.3 Å². The van der Waals surface area contributed by atoms with Crippen LogP contribution in [0.5, 0.6) is 5.75 Å². The standard InChI is InChI=1S/C91H122N4O26Si3/c1-54-64(50-91(106)77(117-79(101)61-42-34-27-35-43-61)75-89(15,65(98)49-66-90(75,53-111-66)118-56(3)97)76(99)69(112-55(2)96)67(54)88(91,13)14)113-81(103)70(68(59-38-30-25-31-39-59)92-78(100)60-40-32-26-33-41-60)116-84(105)94(17)47-46-93(16)83(104)110-52-58-44-45-63(62(48-58)95(107)108)114-82-74(121-124(22,23)87(10,11)12)72(120-123(20,21)86(7,8)9)71(119-122(18,19)85(4,5)6)73(115-82)80(102)109-51-57-36-28-24-29-37-57/h24-45,48,64-66,68-75,77,82,98,106H,46-47,49-53H2,1-23H3,(H,92,100)/t64-,65-,66+,68-,69+,70+,71-,72-,73-,74+,75-,77-,82+,89+,90-,91+/m0/s1. The van der Waals surface area contributed by atoms with Crippen LogP contribution in [0.3, 0.4) is 0 Å². The molecular weight excluding hydrogens is 1650 g/mol. The van der Waals surface area contributed by atoms with Gasteiger partial charge in [0.25, 0.3) is 5.91 Å². The predicted octanol–water partition coefficient (Wildman–Crippen LogP) is 14.0. The summed E-state index contributed by atoms with van der Waals surface area (Å²) in [6, 6.07) is 35.1. The van der Waals surface area contributed by atoms with E-state index in [2.05, 4.69) is 93.8 Å². The molecule has 0 spiro atoms. The lowest BCUT2D eigenvalue weighted by atomic mass is 9.44.